The highest BCUT2D eigenvalue weighted by molar-refractivity contribution is 5.68. The molecule has 1 aliphatic heterocycles. The highest BCUT2D eigenvalue weighted by Gasteiger charge is 2.34. The molecule has 0 aromatic carbocycles. The smallest absolute Gasteiger partial charge is 0.298 e. The molecule has 70 valence electrons. The van der Waals surface area contributed by atoms with Gasteiger partial charge in [0.1, 0.15) is 6.21 Å². The number of hydrogen-bond donors (Lipinski definition) is 1. The zero-order valence-electron chi connectivity index (χ0n) is 7.39. The number of anilines is 1. The molecule has 1 aromatic rings. The Morgan fingerprint density at radius 2 is 2.23 bits per heavy atom. The van der Waals surface area contributed by atoms with Crippen molar-refractivity contribution in [2.45, 2.75) is 5.91 Å². The maximum absolute atomic E-state index is 5.22. The third-order valence-electron chi connectivity index (χ3n) is 1.95. The molecular weight excluding hydrogens is 172 g/mol. The van der Waals surface area contributed by atoms with Crippen molar-refractivity contribution in [2.75, 3.05) is 19.6 Å². The lowest BCUT2D eigenvalue weighted by atomic mass is 10.5. The fourth-order valence-electron chi connectivity index (χ4n) is 1.26. The van der Waals surface area contributed by atoms with Gasteiger partial charge in [-0.3, -0.25) is 4.57 Å². The standard InChI is InChI=1S/C7H10N4O2/c1-12-7(13-2)5-9-10-6-8-3-4-11(6)7/h3-5H,1-2H3,(H,8,10). The number of nitrogens with one attached hydrogen (secondary N) is 1. The van der Waals surface area contributed by atoms with E-state index in [1.807, 2.05) is 0 Å². The molecule has 2 rings (SSSR count). The molecule has 1 N–H and O–H groups in total. The second kappa shape index (κ2) is 2.82. The van der Waals surface area contributed by atoms with E-state index in [1.54, 1.807) is 31.2 Å². The van der Waals surface area contributed by atoms with Crippen LogP contribution in [0, 0.1) is 0 Å². The number of fused-ring (bicyclic) bond motifs is 1. The predicted molar refractivity (Wildman–Crippen MR) is 46.3 cm³/mol. The molecule has 0 fully saturated rings. The van der Waals surface area contributed by atoms with E-state index in [4.69, 9.17) is 9.47 Å². The molecule has 6 heteroatoms. The molecule has 0 amide bonds. The maximum atomic E-state index is 5.22. The van der Waals surface area contributed by atoms with E-state index >= 15 is 0 Å². The Kier molecular flexibility index (Phi) is 1.78. The van der Waals surface area contributed by atoms with Crippen molar-refractivity contribution in [3.63, 3.8) is 0 Å². The van der Waals surface area contributed by atoms with Crippen LogP contribution in [0.4, 0.5) is 5.95 Å². The molecular formula is C7H10N4O2. The van der Waals surface area contributed by atoms with Crippen LogP contribution in [-0.2, 0) is 15.4 Å². The van der Waals surface area contributed by atoms with Crippen LogP contribution in [0.15, 0.2) is 17.5 Å². The van der Waals surface area contributed by atoms with Crippen LogP contribution in [0.1, 0.15) is 0 Å². The Balaban J connectivity index is 2.49. The Bertz CT molecular complexity index is 329. The van der Waals surface area contributed by atoms with Gasteiger partial charge in [0.15, 0.2) is 0 Å². The minimum absolute atomic E-state index is 0.589. The van der Waals surface area contributed by atoms with Gasteiger partial charge in [-0.15, -0.1) is 0 Å². The van der Waals surface area contributed by atoms with Gasteiger partial charge in [-0.1, -0.05) is 0 Å². The number of aromatic nitrogens is 2. The lowest BCUT2D eigenvalue weighted by Crippen LogP contribution is -2.42. The first-order valence-electron chi connectivity index (χ1n) is 3.77. The topological polar surface area (TPSA) is 60.7 Å². The molecule has 1 aromatic heterocycles. The first-order chi connectivity index (χ1) is 6.32. The van der Waals surface area contributed by atoms with Crippen molar-refractivity contribution in [1.29, 1.82) is 0 Å². The van der Waals surface area contributed by atoms with Crippen LogP contribution in [-0.4, -0.2) is 30.0 Å². The number of ether oxygens (including phenoxy) is 2. The highest BCUT2D eigenvalue weighted by Crippen LogP contribution is 2.23. The molecule has 0 radical (unpaired) electrons. The van der Waals surface area contributed by atoms with E-state index in [0.717, 1.165) is 0 Å². The van der Waals surface area contributed by atoms with E-state index in [2.05, 4.69) is 15.5 Å². The van der Waals surface area contributed by atoms with Crippen LogP contribution in [0.3, 0.4) is 0 Å². The number of methoxy groups -OCH3 is 2. The molecule has 0 spiro atoms. The van der Waals surface area contributed by atoms with E-state index in [1.165, 1.54) is 6.21 Å². The van der Waals surface area contributed by atoms with E-state index in [-0.39, 0.29) is 0 Å². The average Bonchev–Trinajstić information content (AvgIpc) is 2.65. The van der Waals surface area contributed by atoms with Gasteiger partial charge in [0.05, 0.1) is 0 Å². The van der Waals surface area contributed by atoms with Crippen LogP contribution in [0.2, 0.25) is 0 Å². The van der Waals surface area contributed by atoms with Crippen molar-refractivity contribution in [2.24, 2.45) is 5.10 Å². The Morgan fingerprint density at radius 3 is 2.92 bits per heavy atom. The predicted octanol–water partition coefficient (Wildman–Crippen LogP) is 0.197. The number of hydrazone groups is 1. The third kappa shape index (κ3) is 1.03. The monoisotopic (exact) mass is 182 g/mol. The average molecular weight is 182 g/mol. The van der Waals surface area contributed by atoms with Gasteiger partial charge >= 0.3 is 0 Å². The second-order valence-electron chi connectivity index (χ2n) is 2.53. The number of hydrogen-bond acceptors (Lipinski definition) is 5. The third-order valence-corrected chi connectivity index (χ3v) is 1.95. The van der Waals surface area contributed by atoms with Gasteiger partial charge in [-0.05, 0) is 0 Å². The zero-order valence-corrected chi connectivity index (χ0v) is 7.39. The SMILES string of the molecule is COC1(OC)C=NNc2nccn21. The molecule has 0 atom stereocenters. The number of rotatable bonds is 2. The van der Waals surface area contributed by atoms with Gasteiger partial charge < -0.3 is 9.47 Å². The Labute approximate surface area is 75.2 Å². The summed E-state index contributed by atoms with van der Waals surface area (Å²) in [7, 11) is 3.09. The summed E-state index contributed by atoms with van der Waals surface area (Å²) in [6, 6.07) is 0. The van der Waals surface area contributed by atoms with Crippen molar-refractivity contribution in [1.82, 2.24) is 9.55 Å². The summed E-state index contributed by atoms with van der Waals surface area (Å²) >= 11 is 0. The number of imidazole rings is 1. The Hall–Kier alpha value is -1.40. The van der Waals surface area contributed by atoms with Crippen molar-refractivity contribution in [3.8, 4) is 0 Å². The molecule has 1 aliphatic rings. The quantitative estimate of drug-likeness (QED) is 0.663. The van der Waals surface area contributed by atoms with Gasteiger partial charge in [-0.2, -0.15) is 5.10 Å². The summed E-state index contributed by atoms with van der Waals surface area (Å²) in [5.41, 5.74) is 2.73. The van der Waals surface area contributed by atoms with E-state index in [0.29, 0.717) is 5.95 Å². The molecule has 0 unspecified atom stereocenters. The minimum Gasteiger partial charge on any atom is -0.331 e. The minimum atomic E-state index is -0.975. The van der Waals surface area contributed by atoms with Gasteiger partial charge in [-0.25, -0.2) is 10.4 Å². The summed E-state index contributed by atoms with van der Waals surface area (Å²) in [5.74, 6) is -0.386. The van der Waals surface area contributed by atoms with Gasteiger partial charge in [0.25, 0.3) is 5.91 Å². The molecule has 2 heterocycles. The first kappa shape index (κ1) is 8.21. The second-order valence-corrected chi connectivity index (χ2v) is 2.53. The van der Waals surface area contributed by atoms with Crippen molar-refractivity contribution >= 4 is 12.2 Å². The summed E-state index contributed by atoms with van der Waals surface area (Å²) in [4.78, 5) is 4.03. The van der Waals surface area contributed by atoms with Crippen LogP contribution in [0.25, 0.3) is 0 Å². The lowest BCUT2D eigenvalue weighted by Gasteiger charge is -2.30. The molecule has 0 saturated carbocycles. The molecule has 6 nitrogen and oxygen atoms in total. The summed E-state index contributed by atoms with van der Waals surface area (Å²) in [6.45, 7) is 0. The van der Waals surface area contributed by atoms with Gasteiger partial charge in [0, 0.05) is 26.6 Å². The van der Waals surface area contributed by atoms with Crippen LogP contribution < -0.4 is 5.43 Å². The number of nitrogens with zero attached hydrogens (tertiary/aromatic N) is 3. The molecule has 0 bridgehead atoms. The lowest BCUT2D eigenvalue weighted by molar-refractivity contribution is -0.208. The molecule has 0 aliphatic carbocycles. The fourth-order valence-corrected chi connectivity index (χ4v) is 1.26. The van der Waals surface area contributed by atoms with E-state index < -0.39 is 5.91 Å². The highest BCUT2D eigenvalue weighted by atomic mass is 16.7. The summed E-state index contributed by atoms with van der Waals surface area (Å²) in [6.07, 6.45) is 4.92. The largest absolute Gasteiger partial charge is 0.331 e. The maximum Gasteiger partial charge on any atom is 0.298 e. The summed E-state index contributed by atoms with van der Waals surface area (Å²) < 4.78 is 12.2. The molecule has 0 saturated heterocycles. The fraction of sp³-hybridized carbons (Fsp3) is 0.429. The van der Waals surface area contributed by atoms with Gasteiger partial charge in [0.2, 0.25) is 5.95 Å². The molecule has 13 heavy (non-hydrogen) atoms. The summed E-state index contributed by atoms with van der Waals surface area (Å²) in [5, 5.41) is 3.88. The zero-order chi connectivity index (χ0) is 9.31. The first-order valence-corrected chi connectivity index (χ1v) is 3.77. The Morgan fingerprint density at radius 1 is 1.46 bits per heavy atom. The van der Waals surface area contributed by atoms with Crippen LogP contribution in [0.5, 0.6) is 0 Å². The van der Waals surface area contributed by atoms with Crippen molar-refractivity contribution in [3.05, 3.63) is 12.4 Å². The normalized spacial score (nSPS) is 18.0. The van der Waals surface area contributed by atoms with Crippen LogP contribution >= 0.6 is 0 Å². The van der Waals surface area contributed by atoms with E-state index in [9.17, 15) is 0 Å². The van der Waals surface area contributed by atoms with Crippen molar-refractivity contribution < 1.29 is 9.47 Å².